The van der Waals surface area contributed by atoms with E-state index in [4.69, 9.17) is 0 Å². The highest BCUT2D eigenvalue weighted by Gasteiger charge is 2.33. The Labute approximate surface area is 240 Å². The summed E-state index contributed by atoms with van der Waals surface area (Å²) in [6.07, 6.45) is 0. The topological polar surface area (TPSA) is 121 Å². The zero-order valence-corrected chi connectivity index (χ0v) is 26.2. The van der Waals surface area contributed by atoms with E-state index in [-0.39, 0.29) is 41.7 Å². The third-order valence-electron chi connectivity index (χ3n) is 7.54. The maximum atomic E-state index is 13.9. The van der Waals surface area contributed by atoms with Crippen molar-refractivity contribution in [1.29, 1.82) is 0 Å². The van der Waals surface area contributed by atoms with Crippen LogP contribution in [0.4, 0.5) is 0 Å². The van der Waals surface area contributed by atoms with Crippen molar-refractivity contribution < 1.29 is 26.5 Å². The molecular formula is C28H37N3O6S3. The molecule has 0 radical (unpaired) electrons. The largest absolute Gasteiger partial charge is 0.593 e. The lowest BCUT2D eigenvalue weighted by atomic mass is 9.94. The van der Waals surface area contributed by atoms with Crippen LogP contribution < -0.4 is 0 Å². The molecule has 0 saturated heterocycles. The van der Waals surface area contributed by atoms with E-state index >= 15 is 0 Å². The Balaban J connectivity index is 2.26. The highest BCUT2D eigenvalue weighted by Crippen LogP contribution is 2.46. The van der Waals surface area contributed by atoms with Gasteiger partial charge in [-0.1, -0.05) is 39.8 Å². The van der Waals surface area contributed by atoms with Gasteiger partial charge < -0.3 is 9.66 Å². The minimum Gasteiger partial charge on any atom is -0.593 e. The zero-order valence-electron chi connectivity index (χ0n) is 23.8. The summed E-state index contributed by atoms with van der Waals surface area (Å²) in [5, 5.41) is 13.7. The molecule has 0 aliphatic rings. The fourth-order valence-electron chi connectivity index (χ4n) is 5.45. The van der Waals surface area contributed by atoms with Crippen molar-refractivity contribution in [3.05, 3.63) is 36.4 Å². The number of nitrogens with zero attached hydrogens (tertiary/aromatic N) is 3. The normalized spacial score (nSPS) is 14.1. The summed E-state index contributed by atoms with van der Waals surface area (Å²) >= 11 is -1.69. The summed E-state index contributed by atoms with van der Waals surface area (Å²) < 4.78 is 73.5. The fourth-order valence-corrected chi connectivity index (χ4v) is 10.2. The highest BCUT2D eigenvalue weighted by molar-refractivity contribution is 7.90. The minimum absolute atomic E-state index is 0.00472. The monoisotopic (exact) mass is 607 g/mol. The third-order valence-corrected chi connectivity index (χ3v) is 13.4. The second-order valence-electron chi connectivity index (χ2n) is 9.38. The summed E-state index contributed by atoms with van der Waals surface area (Å²) in [6, 6.07) is 9.40. The summed E-state index contributed by atoms with van der Waals surface area (Å²) in [5.74, 6) is -0.226. The SMILES string of the molecule is CCN(CC)[S+]([O-])c1cc(S(=O)(=O)N(CC)CC)c2ccc3c(O)cc(S(=O)(=O)N(CC)CC)c4ccc1c2c34. The van der Waals surface area contributed by atoms with Gasteiger partial charge in [-0.2, -0.15) is 8.61 Å². The summed E-state index contributed by atoms with van der Waals surface area (Å²) in [7, 11) is -7.98. The average molecular weight is 608 g/mol. The number of hydrogen-bond donors (Lipinski definition) is 1. The molecule has 9 nitrogen and oxygen atoms in total. The Kier molecular flexibility index (Phi) is 8.92. The van der Waals surface area contributed by atoms with Gasteiger partial charge in [0.1, 0.15) is 5.75 Å². The standard InChI is InChI=1S/C28H37N3O6S3/c1-7-29(8-2)38(33)24-18-26(40(36,37)31(11-5)12-6)22-15-13-19-23(32)17-25(39(34,35)30(9-3)10-4)21-16-14-20(24)28(22)27(19)21/h13-18,32H,7-12H2,1-6H3. The molecule has 0 saturated carbocycles. The molecule has 0 fully saturated rings. The van der Waals surface area contributed by atoms with Crippen molar-refractivity contribution in [1.82, 2.24) is 12.9 Å². The van der Waals surface area contributed by atoms with Crippen LogP contribution in [0.25, 0.3) is 32.3 Å². The molecule has 218 valence electrons. The molecule has 1 N–H and O–H groups in total. The molecule has 0 aliphatic heterocycles. The van der Waals surface area contributed by atoms with Crippen molar-refractivity contribution >= 4 is 63.7 Å². The van der Waals surface area contributed by atoms with E-state index in [0.29, 0.717) is 50.3 Å². The molecule has 4 aromatic rings. The maximum Gasteiger partial charge on any atom is 0.243 e. The van der Waals surface area contributed by atoms with Gasteiger partial charge in [-0.3, -0.25) is 0 Å². The second-order valence-corrected chi connectivity index (χ2v) is 14.6. The first-order valence-electron chi connectivity index (χ1n) is 13.6. The number of benzene rings is 4. The van der Waals surface area contributed by atoms with Gasteiger partial charge in [0, 0.05) is 83.7 Å². The number of sulfonamides is 2. The van der Waals surface area contributed by atoms with Crippen molar-refractivity contribution in [2.75, 3.05) is 39.3 Å². The van der Waals surface area contributed by atoms with Gasteiger partial charge in [-0.05, 0) is 26.0 Å². The van der Waals surface area contributed by atoms with E-state index in [9.17, 15) is 26.5 Å². The second kappa shape index (κ2) is 11.6. The molecule has 1 unspecified atom stereocenters. The van der Waals surface area contributed by atoms with Gasteiger partial charge in [0.25, 0.3) is 0 Å². The van der Waals surface area contributed by atoms with E-state index in [1.165, 1.54) is 20.7 Å². The van der Waals surface area contributed by atoms with Crippen LogP contribution in [-0.4, -0.2) is 78.7 Å². The summed E-state index contributed by atoms with van der Waals surface area (Å²) in [4.78, 5) is 0.275. The lowest BCUT2D eigenvalue weighted by molar-refractivity contribution is 0.443. The predicted molar refractivity (Wildman–Crippen MR) is 161 cm³/mol. The van der Waals surface area contributed by atoms with Crippen LogP contribution in [0.2, 0.25) is 0 Å². The molecule has 1 atom stereocenters. The van der Waals surface area contributed by atoms with Crippen molar-refractivity contribution in [2.24, 2.45) is 0 Å². The van der Waals surface area contributed by atoms with E-state index in [2.05, 4.69) is 0 Å². The molecule has 4 rings (SSSR count). The van der Waals surface area contributed by atoms with Crippen LogP contribution in [0, 0.1) is 0 Å². The molecule has 0 aliphatic carbocycles. The maximum absolute atomic E-state index is 13.9. The van der Waals surface area contributed by atoms with Crippen LogP contribution in [0.15, 0.2) is 51.1 Å². The van der Waals surface area contributed by atoms with E-state index in [0.717, 1.165) is 0 Å². The van der Waals surface area contributed by atoms with Crippen LogP contribution in [0.1, 0.15) is 41.5 Å². The first-order valence-corrected chi connectivity index (χ1v) is 17.6. The minimum atomic E-state index is -4.00. The van der Waals surface area contributed by atoms with Crippen LogP contribution in [0.5, 0.6) is 5.75 Å². The lowest BCUT2D eigenvalue weighted by Crippen LogP contribution is -2.32. The van der Waals surface area contributed by atoms with Crippen LogP contribution >= 0.6 is 0 Å². The Bertz CT molecular complexity index is 1750. The predicted octanol–water partition coefficient (Wildman–Crippen LogP) is 4.72. The number of phenolic OH excluding ortho intramolecular Hbond substituents is 1. The van der Waals surface area contributed by atoms with Crippen LogP contribution in [0.3, 0.4) is 0 Å². The van der Waals surface area contributed by atoms with E-state index < -0.39 is 31.4 Å². The summed E-state index contributed by atoms with van der Waals surface area (Å²) in [5.41, 5.74) is 0. The number of hydrogen-bond acceptors (Lipinski definition) is 7. The highest BCUT2D eigenvalue weighted by atomic mass is 32.2. The Morgan fingerprint density at radius 3 is 1.50 bits per heavy atom. The summed E-state index contributed by atoms with van der Waals surface area (Å²) in [6.45, 7) is 12.7. The first kappa shape index (κ1) is 30.8. The first-order chi connectivity index (χ1) is 18.9. The smallest absolute Gasteiger partial charge is 0.243 e. The lowest BCUT2D eigenvalue weighted by Gasteiger charge is -2.26. The third kappa shape index (κ3) is 4.73. The Hall–Kier alpha value is -2.19. The van der Waals surface area contributed by atoms with Gasteiger partial charge in [0.2, 0.25) is 20.0 Å². The van der Waals surface area contributed by atoms with Crippen LogP contribution in [-0.2, 0) is 31.4 Å². The average Bonchev–Trinajstić information content (AvgIpc) is 2.93. The van der Waals surface area contributed by atoms with E-state index in [1.807, 2.05) is 13.8 Å². The number of aromatic hydroxyl groups is 1. The van der Waals surface area contributed by atoms with Crippen molar-refractivity contribution in [2.45, 2.75) is 56.2 Å². The van der Waals surface area contributed by atoms with Gasteiger partial charge in [-0.15, -0.1) is 4.31 Å². The van der Waals surface area contributed by atoms with Gasteiger partial charge in [-0.25, -0.2) is 16.8 Å². The number of rotatable bonds is 12. The molecular weight excluding hydrogens is 571 g/mol. The molecule has 12 heteroatoms. The quantitative estimate of drug-likeness (QED) is 0.183. The van der Waals surface area contributed by atoms with Crippen molar-refractivity contribution in [3.8, 4) is 5.75 Å². The molecule has 0 spiro atoms. The van der Waals surface area contributed by atoms with E-state index in [1.54, 1.807) is 56.3 Å². The zero-order chi connectivity index (χ0) is 29.6. The molecule has 0 bridgehead atoms. The fraction of sp³-hybridized carbons (Fsp3) is 0.429. The molecule has 40 heavy (non-hydrogen) atoms. The molecule has 0 aromatic heterocycles. The molecule has 0 heterocycles. The molecule has 4 aromatic carbocycles. The Morgan fingerprint density at radius 2 is 1.05 bits per heavy atom. The Morgan fingerprint density at radius 1 is 0.650 bits per heavy atom. The molecule has 0 amide bonds. The van der Waals surface area contributed by atoms with Crippen molar-refractivity contribution in [3.63, 3.8) is 0 Å². The van der Waals surface area contributed by atoms with Gasteiger partial charge in [0.05, 0.1) is 21.2 Å². The number of phenols is 1. The van der Waals surface area contributed by atoms with Gasteiger partial charge >= 0.3 is 0 Å². The van der Waals surface area contributed by atoms with Gasteiger partial charge in [0.15, 0.2) is 4.90 Å².